The first kappa shape index (κ1) is 18.0. The minimum absolute atomic E-state index is 0.123. The number of aromatic nitrogens is 2. The minimum atomic E-state index is -0.357. The molecule has 28 heavy (non-hydrogen) atoms. The van der Waals surface area contributed by atoms with Crippen molar-refractivity contribution in [3.05, 3.63) is 77.6 Å². The molecule has 0 saturated carbocycles. The quantitative estimate of drug-likeness (QED) is 0.530. The molecule has 0 saturated heterocycles. The number of para-hydroxylation sites is 1. The van der Waals surface area contributed by atoms with Crippen LogP contribution in [0.15, 0.2) is 59.1 Å². The van der Waals surface area contributed by atoms with E-state index in [0.717, 1.165) is 11.9 Å². The third-order valence-electron chi connectivity index (χ3n) is 4.68. The molecule has 6 heteroatoms. The molecule has 2 aromatic carbocycles. The Bertz CT molecular complexity index is 1130. The van der Waals surface area contributed by atoms with Crippen molar-refractivity contribution in [1.29, 1.82) is 0 Å². The fraction of sp³-hybridized carbons (Fsp3) is 0.182. The van der Waals surface area contributed by atoms with Crippen LogP contribution in [0.4, 0.5) is 4.39 Å². The van der Waals surface area contributed by atoms with Gasteiger partial charge in [-0.2, -0.15) is 0 Å². The summed E-state index contributed by atoms with van der Waals surface area (Å²) in [5, 5.41) is 4.10. The number of carbonyl (C=O) groups is 1. The van der Waals surface area contributed by atoms with Gasteiger partial charge >= 0.3 is 0 Å². The summed E-state index contributed by atoms with van der Waals surface area (Å²) in [4.78, 5) is 19.9. The fourth-order valence-electron chi connectivity index (χ4n) is 3.23. The van der Waals surface area contributed by atoms with E-state index in [4.69, 9.17) is 4.42 Å². The molecule has 4 rings (SSSR count). The number of oxazole rings is 1. The van der Waals surface area contributed by atoms with Crippen molar-refractivity contribution in [1.82, 2.24) is 15.3 Å². The topological polar surface area (TPSA) is 70.9 Å². The predicted molar refractivity (Wildman–Crippen MR) is 105 cm³/mol. The largest absolute Gasteiger partial charge is 0.441 e. The fourth-order valence-corrected chi connectivity index (χ4v) is 3.23. The Morgan fingerprint density at radius 3 is 2.93 bits per heavy atom. The number of hydrogen-bond donors (Lipinski definition) is 2. The average Bonchev–Trinajstić information content (AvgIpc) is 3.26. The molecule has 2 aromatic heterocycles. The molecule has 5 nitrogen and oxygen atoms in total. The Morgan fingerprint density at radius 2 is 2.07 bits per heavy atom. The van der Waals surface area contributed by atoms with Crippen molar-refractivity contribution in [2.24, 2.45) is 0 Å². The van der Waals surface area contributed by atoms with Gasteiger partial charge in [0.15, 0.2) is 0 Å². The van der Waals surface area contributed by atoms with Gasteiger partial charge in [0.1, 0.15) is 11.6 Å². The summed E-state index contributed by atoms with van der Waals surface area (Å²) in [6, 6.07) is 14.1. The number of carbonyl (C=O) groups excluding carboxylic acids is 1. The van der Waals surface area contributed by atoms with Gasteiger partial charge in [-0.05, 0) is 43.2 Å². The third-order valence-corrected chi connectivity index (χ3v) is 4.68. The number of amides is 1. The number of rotatable bonds is 6. The standard InChI is InChI=1S/C22H20FN3O2/c1-14-20(26-22(28-14)15-5-4-6-17(23)11-15)12-21(27)24-10-9-16-13-25-19-8-3-2-7-18(16)19/h2-8,11,13,25H,9-10,12H2,1H3,(H,24,27). The third kappa shape index (κ3) is 3.81. The van der Waals surface area contributed by atoms with Crippen LogP contribution in [0.25, 0.3) is 22.4 Å². The van der Waals surface area contributed by atoms with E-state index < -0.39 is 0 Å². The molecular weight excluding hydrogens is 357 g/mol. The lowest BCUT2D eigenvalue weighted by Crippen LogP contribution is -2.27. The van der Waals surface area contributed by atoms with Crippen molar-refractivity contribution in [2.75, 3.05) is 6.54 Å². The molecule has 0 aliphatic carbocycles. The summed E-state index contributed by atoms with van der Waals surface area (Å²) >= 11 is 0. The van der Waals surface area contributed by atoms with E-state index in [9.17, 15) is 9.18 Å². The van der Waals surface area contributed by atoms with Gasteiger partial charge in [0.2, 0.25) is 11.8 Å². The van der Waals surface area contributed by atoms with Gasteiger partial charge in [-0.1, -0.05) is 24.3 Å². The van der Waals surface area contributed by atoms with E-state index in [-0.39, 0.29) is 18.1 Å². The van der Waals surface area contributed by atoms with E-state index in [1.54, 1.807) is 19.1 Å². The Morgan fingerprint density at radius 1 is 1.21 bits per heavy atom. The highest BCUT2D eigenvalue weighted by Gasteiger charge is 2.15. The van der Waals surface area contributed by atoms with Gasteiger partial charge < -0.3 is 14.7 Å². The van der Waals surface area contributed by atoms with E-state index in [1.807, 2.05) is 24.4 Å². The molecule has 2 heterocycles. The van der Waals surface area contributed by atoms with Crippen molar-refractivity contribution < 1.29 is 13.6 Å². The molecule has 0 unspecified atom stereocenters. The molecule has 0 aliphatic rings. The summed E-state index contributed by atoms with van der Waals surface area (Å²) in [5.41, 5.74) is 3.37. The van der Waals surface area contributed by atoms with Crippen LogP contribution < -0.4 is 5.32 Å². The van der Waals surface area contributed by atoms with Crippen LogP contribution in [0.1, 0.15) is 17.0 Å². The summed E-state index contributed by atoms with van der Waals surface area (Å²) < 4.78 is 19.0. The molecular formula is C22H20FN3O2. The molecule has 0 aliphatic heterocycles. The van der Waals surface area contributed by atoms with E-state index in [0.29, 0.717) is 29.5 Å². The first-order chi connectivity index (χ1) is 13.6. The molecule has 2 N–H and O–H groups in total. The second-order valence-corrected chi connectivity index (χ2v) is 6.67. The van der Waals surface area contributed by atoms with Crippen LogP contribution >= 0.6 is 0 Å². The molecule has 1 amide bonds. The van der Waals surface area contributed by atoms with Crippen molar-refractivity contribution in [2.45, 2.75) is 19.8 Å². The Kier molecular flexibility index (Phi) is 4.93. The number of benzene rings is 2. The number of aromatic amines is 1. The molecule has 0 fully saturated rings. The zero-order valence-electron chi connectivity index (χ0n) is 15.5. The van der Waals surface area contributed by atoms with Crippen LogP contribution in [0, 0.1) is 12.7 Å². The number of fused-ring (bicyclic) bond motifs is 1. The Labute approximate surface area is 161 Å². The van der Waals surface area contributed by atoms with Crippen molar-refractivity contribution in [3.63, 3.8) is 0 Å². The van der Waals surface area contributed by atoms with Crippen LogP contribution in [-0.2, 0) is 17.6 Å². The lowest BCUT2D eigenvalue weighted by atomic mass is 10.1. The highest BCUT2D eigenvalue weighted by Crippen LogP contribution is 2.22. The van der Waals surface area contributed by atoms with Crippen LogP contribution in [0.5, 0.6) is 0 Å². The molecule has 142 valence electrons. The number of halogens is 1. The lowest BCUT2D eigenvalue weighted by molar-refractivity contribution is -0.120. The van der Waals surface area contributed by atoms with E-state index in [2.05, 4.69) is 21.4 Å². The summed E-state index contributed by atoms with van der Waals surface area (Å²) in [7, 11) is 0. The molecule has 0 spiro atoms. The van der Waals surface area contributed by atoms with Gasteiger partial charge in [0.05, 0.1) is 12.1 Å². The number of nitrogens with zero attached hydrogens (tertiary/aromatic N) is 1. The Balaban J connectivity index is 1.36. The minimum Gasteiger partial charge on any atom is -0.441 e. The first-order valence-corrected chi connectivity index (χ1v) is 9.14. The highest BCUT2D eigenvalue weighted by molar-refractivity contribution is 5.83. The summed E-state index contributed by atoms with van der Waals surface area (Å²) in [6.07, 6.45) is 2.84. The summed E-state index contributed by atoms with van der Waals surface area (Å²) in [6.45, 7) is 2.29. The monoisotopic (exact) mass is 377 g/mol. The number of aryl methyl sites for hydroxylation is 1. The average molecular weight is 377 g/mol. The van der Waals surface area contributed by atoms with Crippen LogP contribution in [0.3, 0.4) is 0 Å². The maximum Gasteiger partial charge on any atom is 0.226 e. The first-order valence-electron chi connectivity index (χ1n) is 9.14. The molecule has 0 bridgehead atoms. The molecule has 0 radical (unpaired) electrons. The zero-order valence-corrected chi connectivity index (χ0v) is 15.5. The second-order valence-electron chi connectivity index (χ2n) is 6.67. The van der Waals surface area contributed by atoms with Crippen molar-refractivity contribution in [3.8, 4) is 11.5 Å². The zero-order chi connectivity index (χ0) is 19.5. The van der Waals surface area contributed by atoms with E-state index >= 15 is 0 Å². The molecule has 0 atom stereocenters. The normalized spacial score (nSPS) is 11.1. The van der Waals surface area contributed by atoms with Gasteiger partial charge in [0, 0.05) is 29.2 Å². The number of hydrogen-bond acceptors (Lipinski definition) is 3. The van der Waals surface area contributed by atoms with Gasteiger partial charge in [-0.3, -0.25) is 4.79 Å². The van der Waals surface area contributed by atoms with Crippen LogP contribution in [-0.4, -0.2) is 22.4 Å². The van der Waals surface area contributed by atoms with Crippen molar-refractivity contribution >= 4 is 16.8 Å². The molecule has 4 aromatic rings. The predicted octanol–water partition coefficient (Wildman–Crippen LogP) is 4.17. The lowest BCUT2D eigenvalue weighted by Gasteiger charge is -2.04. The summed E-state index contributed by atoms with van der Waals surface area (Å²) in [5.74, 6) is 0.400. The van der Waals surface area contributed by atoms with Crippen LogP contribution in [0.2, 0.25) is 0 Å². The number of H-pyrrole nitrogens is 1. The SMILES string of the molecule is Cc1oc(-c2cccc(F)c2)nc1CC(=O)NCCc1c[nH]c2ccccc12. The maximum absolute atomic E-state index is 13.4. The highest BCUT2D eigenvalue weighted by atomic mass is 19.1. The second kappa shape index (κ2) is 7.68. The number of nitrogens with one attached hydrogen (secondary N) is 2. The maximum atomic E-state index is 13.4. The van der Waals surface area contributed by atoms with Gasteiger partial charge in [-0.15, -0.1) is 0 Å². The van der Waals surface area contributed by atoms with E-state index in [1.165, 1.54) is 23.1 Å². The van der Waals surface area contributed by atoms with Gasteiger partial charge in [-0.25, -0.2) is 9.37 Å². The van der Waals surface area contributed by atoms with Gasteiger partial charge in [0.25, 0.3) is 0 Å². The smallest absolute Gasteiger partial charge is 0.226 e. The Hall–Kier alpha value is -3.41.